The summed E-state index contributed by atoms with van der Waals surface area (Å²) < 4.78 is 11.3. The van der Waals surface area contributed by atoms with E-state index in [1.807, 2.05) is 34.6 Å². The van der Waals surface area contributed by atoms with E-state index >= 15 is 0 Å². The van der Waals surface area contributed by atoms with Crippen molar-refractivity contribution in [2.45, 2.75) is 78.7 Å². The van der Waals surface area contributed by atoms with Crippen LogP contribution in [-0.2, 0) is 9.47 Å². The number of carbonyl (C=O) groups excluding carboxylic acids is 1. The van der Waals surface area contributed by atoms with Gasteiger partial charge in [-0.05, 0) is 61.3 Å². The van der Waals surface area contributed by atoms with Crippen LogP contribution in [0.4, 0.5) is 4.79 Å². The molecule has 0 N–H and O–H groups in total. The number of amides is 1. The Morgan fingerprint density at radius 1 is 1.35 bits per heavy atom. The molecule has 0 radical (unpaired) electrons. The van der Waals surface area contributed by atoms with E-state index in [9.17, 15) is 4.79 Å². The molecule has 0 aromatic heterocycles. The van der Waals surface area contributed by atoms with Gasteiger partial charge in [0.25, 0.3) is 0 Å². The molecule has 1 rings (SSSR count). The van der Waals surface area contributed by atoms with Crippen molar-refractivity contribution in [2.75, 3.05) is 6.61 Å². The van der Waals surface area contributed by atoms with Crippen LogP contribution in [0.2, 0.25) is 0 Å². The van der Waals surface area contributed by atoms with Gasteiger partial charge < -0.3 is 9.47 Å². The third-order valence-electron chi connectivity index (χ3n) is 3.53. The highest BCUT2D eigenvalue weighted by Crippen LogP contribution is 2.35. The summed E-state index contributed by atoms with van der Waals surface area (Å²) in [7, 11) is 0. The van der Waals surface area contributed by atoms with Crippen LogP contribution < -0.4 is 0 Å². The van der Waals surface area contributed by atoms with Crippen LogP contribution in [-0.4, -0.2) is 35.0 Å². The number of hydrogen-bond acceptors (Lipinski definition) is 3. The lowest BCUT2D eigenvalue weighted by molar-refractivity contribution is -0.0575. The molecule has 1 saturated heterocycles. The third-order valence-corrected chi connectivity index (χ3v) is 3.53. The second-order valence-corrected chi connectivity index (χ2v) is 6.94. The number of nitrogens with zero attached hydrogens (tertiary/aromatic N) is 1. The first-order valence-corrected chi connectivity index (χ1v) is 7.34. The van der Waals surface area contributed by atoms with Crippen molar-refractivity contribution >= 4 is 6.09 Å². The molecule has 20 heavy (non-hydrogen) atoms. The predicted octanol–water partition coefficient (Wildman–Crippen LogP) is 4.10. The molecule has 0 saturated carbocycles. The fraction of sp³-hybridized carbons (Fsp3) is 0.812. The Hall–Kier alpha value is -1.03. The van der Waals surface area contributed by atoms with Crippen molar-refractivity contribution in [2.24, 2.45) is 0 Å². The van der Waals surface area contributed by atoms with Gasteiger partial charge in [-0.15, -0.1) is 0 Å². The number of rotatable bonds is 4. The molecule has 4 heteroatoms. The molecule has 0 aliphatic carbocycles. The fourth-order valence-electron chi connectivity index (χ4n) is 2.57. The molecular weight excluding hydrogens is 254 g/mol. The second kappa shape index (κ2) is 6.17. The summed E-state index contributed by atoms with van der Waals surface area (Å²) in [5.74, 6) is 0. The van der Waals surface area contributed by atoms with Crippen LogP contribution >= 0.6 is 0 Å². The minimum Gasteiger partial charge on any atom is -0.446 e. The SMILES string of the molecule is CC(C)=CCC[C@@H](C)OC(=O)N1C(C)(C)COC1(C)C. The highest BCUT2D eigenvalue weighted by molar-refractivity contribution is 5.70. The van der Waals surface area contributed by atoms with Gasteiger partial charge in [0.15, 0.2) is 0 Å². The van der Waals surface area contributed by atoms with E-state index in [2.05, 4.69) is 19.9 Å². The molecule has 0 aromatic carbocycles. The number of ether oxygens (including phenoxy) is 2. The molecule has 1 aliphatic rings. The van der Waals surface area contributed by atoms with Crippen LogP contribution in [0.25, 0.3) is 0 Å². The first kappa shape index (κ1) is 17.0. The zero-order chi connectivity index (χ0) is 15.6. The lowest BCUT2D eigenvalue weighted by atomic mass is 10.0. The zero-order valence-electron chi connectivity index (χ0n) is 13.9. The van der Waals surface area contributed by atoms with E-state index in [0.29, 0.717) is 6.61 Å². The van der Waals surface area contributed by atoms with E-state index in [-0.39, 0.29) is 17.7 Å². The maximum atomic E-state index is 12.4. The minimum atomic E-state index is -0.611. The smallest absolute Gasteiger partial charge is 0.412 e. The first-order valence-electron chi connectivity index (χ1n) is 7.34. The van der Waals surface area contributed by atoms with Crippen LogP contribution in [0.3, 0.4) is 0 Å². The van der Waals surface area contributed by atoms with Gasteiger partial charge >= 0.3 is 6.09 Å². The van der Waals surface area contributed by atoms with Crippen molar-refractivity contribution in [3.8, 4) is 0 Å². The average Bonchev–Trinajstić information content (AvgIpc) is 2.46. The topological polar surface area (TPSA) is 38.8 Å². The van der Waals surface area contributed by atoms with Gasteiger partial charge in [-0.2, -0.15) is 0 Å². The number of carbonyl (C=O) groups is 1. The Morgan fingerprint density at radius 3 is 2.40 bits per heavy atom. The molecule has 1 amide bonds. The molecule has 0 unspecified atom stereocenters. The van der Waals surface area contributed by atoms with Crippen LogP contribution in [0.1, 0.15) is 61.3 Å². The molecule has 1 aliphatic heterocycles. The van der Waals surface area contributed by atoms with Gasteiger partial charge in [-0.1, -0.05) is 11.6 Å². The van der Waals surface area contributed by atoms with E-state index in [0.717, 1.165) is 12.8 Å². The number of hydrogen-bond donors (Lipinski definition) is 0. The van der Waals surface area contributed by atoms with Crippen molar-refractivity contribution in [1.29, 1.82) is 0 Å². The third kappa shape index (κ3) is 4.23. The Morgan fingerprint density at radius 2 is 1.95 bits per heavy atom. The Labute approximate surface area is 123 Å². The van der Waals surface area contributed by atoms with Crippen LogP contribution in [0.5, 0.6) is 0 Å². The van der Waals surface area contributed by atoms with Gasteiger partial charge in [-0.3, -0.25) is 4.90 Å². The summed E-state index contributed by atoms with van der Waals surface area (Å²) in [5, 5.41) is 0. The van der Waals surface area contributed by atoms with Gasteiger partial charge in [0, 0.05) is 0 Å². The lowest BCUT2D eigenvalue weighted by Crippen LogP contribution is -2.53. The van der Waals surface area contributed by atoms with Gasteiger partial charge in [0.1, 0.15) is 11.8 Å². The molecule has 4 nitrogen and oxygen atoms in total. The second-order valence-electron chi connectivity index (χ2n) is 6.94. The fourth-order valence-corrected chi connectivity index (χ4v) is 2.57. The molecule has 116 valence electrons. The maximum absolute atomic E-state index is 12.4. The van der Waals surface area contributed by atoms with E-state index < -0.39 is 5.72 Å². The normalized spacial score (nSPS) is 21.4. The van der Waals surface area contributed by atoms with Gasteiger partial charge in [-0.25, -0.2) is 4.79 Å². The molecule has 1 heterocycles. The Bertz CT molecular complexity index is 365. The van der Waals surface area contributed by atoms with E-state index in [1.54, 1.807) is 4.90 Å². The quantitative estimate of drug-likeness (QED) is 0.729. The summed E-state index contributed by atoms with van der Waals surface area (Å²) in [6, 6.07) is 0. The monoisotopic (exact) mass is 283 g/mol. The maximum Gasteiger partial charge on any atom is 0.412 e. The lowest BCUT2D eigenvalue weighted by Gasteiger charge is -2.37. The van der Waals surface area contributed by atoms with Crippen LogP contribution in [0.15, 0.2) is 11.6 Å². The molecule has 1 atom stereocenters. The predicted molar refractivity (Wildman–Crippen MR) is 80.6 cm³/mol. The van der Waals surface area contributed by atoms with Crippen molar-refractivity contribution in [1.82, 2.24) is 4.90 Å². The number of allylic oxidation sites excluding steroid dienone is 2. The summed E-state index contributed by atoms with van der Waals surface area (Å²) in [6.07, 6.45) is 3.55. The molecule has 1 fully saturated rings. The first-order chi connectivity index (χ1) is 9.06. The molecule has 0 aromatic rings. The van der Waals surface area contributed by atoms with Crippen LogP contribution in [0, 0.1) is 0 Å². The van der Waals surface area contributed by atoms with Crippen molar-refractivity contribution in [3.05, 3.63) is 11.6 Å². The largest absolute Gasteiger partial charge is 0.446 e. The van der Waals surface area contributed by atoms with E-state index in [1.165, 1.54) is 5.57 Å². The van der Waals surface area contributed by atoms with Crippen molar-refractivity contribution in [3.63, 3.8) is 0 Å². The van der Waals surface area contributed by atoms with Crippen molar-refractivity contribution < 1.29 is 14.3 Å². The summed E-state index contributed by atoms with van der Waals surface area (Å²) >= 11 is 0. The standard InChI is InChI=1S/C16H29NO3/c1-12(2)9-8-10-13(3)20-14(18)17-15(4,5)11-19-16(17,6)7/h9,13H,8,10-11H2,1-7H3/t13-/m1/s1. The zero-order valence-corrected chi connectivity index (χ0v) is 13.9. The van der Waals surface area contributed by atoms with Gasteiger partial charge in [0.2, 0.25) is 0 Å². The molecule has 0 bridgehead atoms. The summed E-state index contributed by atoms with van der Waals surface area (Å²) in [6.45, 7) is 14.4. The highest BCUT2D eigenvalue weighted by atomic mass is 16.6. The molecular formula is C16H29NO3. The van der Waals surface area contributed by atoms with Gasteiger partial charge in [0.05, 0.1) is 12.1 Å². The molecule has 0 spiro atoms. The Balaban J connectivity index is 2.59. The average molecular weight is 283 g/mol. The minimum absolute atomic E-state index is 0.0923. The Kier molecular flexibility index (Phi) is 5.25. The summed E-state index contributed by atoms with van der Waals surface area (Å²) in [4.78, 5) is 14.1. The van der Waals surface area contributed by atoms with E-state index in [4.69, 9.17) is 9.47 Å². The summed E-state index contributed by atoms with van der Waals surface area (Å²) in [5.41, 5.74) is 0.346. The highest BCUT2D eigenvalue weighted by Gasteiger charge is 2.49.